The first kappa shape index (κ1) is 28.9. The van der Waals surface area contributed by atoms with Crippen LogP contribution in [0.3, 0.4) is 0 Å². The third-order valence-electron chi connectivity index (χ3n) is 2.66. The van der Waals surface area contributed by atoms with Gasteiger partial charge >= 0.3 is 69.6 Å². The van der Waals surface area contributed by atoms with Gasteiger partial charge in [0, 0.05) is 0 Å². The van der Waals surface area contributed by atoms with Crippen LogP contribution in [-0.2, 0) is 48.9 Å². The molecule has 0 bridgehead atoms. The van der Waals surface area contributed by atoms with Gasteiger partial charge in [0.1, 0.15) is 11.6 Å². The molecule has 2 unspecified atom stereocenters. The maximum atomic E-state index is 10.2. The first-order valence-corrected chi connectivity index (χ1v) is 9.94. The van der Waals surface area contributed by atoms with E-state index in [9.17, 15) is 29.4 Å². The summed E-state index contributed by atoms with van der Waals surface area (Å²) in [4.78, 5) is 39.9. The van der Waals surface area contributed by atoms with Gasteiger partial charge in [-0.2, -0.15) is 0 Å². The summed E-state index contributed by atoms with van der Waals surface area (Å²) in [5.41, 5.74) is 0. The third kappa shape index (κ3) is 23.1. The van der Waals surface area contributed by atoms with E-state index in [2.05, 4.69) is 13.8 Å². The summed E-state index contributed by atoms with van der Waals surface area (Å²) in [5, 5.41) is 19.6. The molecule has 0 spiro atoms. The van der Waals surface area contributed by atoms with Gasteiger partial charge in [-0.3, -0.25) is 9.59 Å². The van der Waals surface area contributed by atoms with E-state index in [1.54, 1.807) is 0 Å². The van der Waals surface area contributed by atoms with Crippen molar-refractivity contribution in [1.29, 1.82) is 0 Å². The number of hydrogen-bond acceptors (Lipinski definition) is 8. The Morgan fingerprint density at radius 2 is 1.08 bits per heavy atom. The van der Waals surface area contributed by atoms with Crippen LogP contribution in [0.15, 0.2) is 0 Å². The molecule has 0 radical (unpaired) electrons. The van der Waals surface area contributed by atoms with E-state index in [0.29, 0.717) is 0 Å². The number of carbonyl (C=O) groups excluding carboxylic acids is 4. The van der Waals surface area contributed by atoms with E-state index in [1.165, 1.54) is 27.7 Å². The van der Waals surface area contributed by atoms with E-state index >= 15 is 0 Å². The molecule has 25 heavy (non-hydrogen) atoms. The van der Waals surface area contributed by atoms with Crippen LogP contribution < -0.4 is 10.2 Å². The molecule has 0 aromatic carbocycles. The monoisotopic (exact) mass is 438 g/mol. The Bertz CT molecular complexity index is 334. The first-order valence-electron chi connectivity index (χ1n) is 7.93. The molecule has 0 N–H and O–H groups in total. The average Bonchev–Trinajstić information content (AvgIpc) is 2.54. The van der Waals surface area contributed by atoms with Crippen molar-refractivity contribution in [3.8, 4) is 0 Å². The Balaban J connectivity index is -0.000000291. The van der Waals surface area contributed by atoms with Gasteiger partial charge in [0.25, 0.3) is 0 Å². The molecule has 0 aromatic heterocycles. The molecule has 0 saturated carbocycles. The molecule has 0 aliphatic heterocycles. The molecule has 9 heteroatoms. The predicted octanol–water partition coefficient (Wildman–Crippen LogP) is -0.325. The summed E-state index contributed by atoms with van der Waals surface area (Å²) in [6, 6.07) is 0. The third-order valence-corrected chi connectivity index (χ3v) is 4.24. The Morgan fingerprint density at radius 1 is 0.800 bits per heavy atom. The molecule has 0 aliphatic rings. The molecule has 144 valence electrons. The zero-order valence-electron chi connectivity index (χ0n) is 15.7. The summed E-state index contributed by atoms with van der Waals surface area (Å²) >= 11 is -0.851. The van der Waals surface area contributed by atoms with Crippen LogP contribution in [0.2, 0.25) is 0 Å². The fraction of sp³-hybridized carbons (Fsp3) is 0.750. The summed E-state index contributed by atoms with van der Waals surface area (Å²) in [6.45, 7) is 11.0. The van der Waals surface area contributed by atoms with Crippen LogP contribution in [0.1, 0.15) is 54.4 Å². The van der Waals surface area contributed by atoms with E-state index in [0.717, 1.165) is 26.1 Å². The Hall–Kier alpha value is -0.917. The normalized spacial score (nSPS) is 11.4. The van der Waals surface area contributed by atoms with Gasteiger partial charge in [0.15, 0.2) is 0 Å². The van der Waals surface area contributed by atoms with Crippen LogP contribution in [-0.4, -0.2) is 36.7 Å². The molecule has 0 fully saturated rings. The number of ketones is 2. The summed E-state index contributed by atoms with van der Waals surface area (Å²) in [5.74, 6) is -5.28. The van der Waals surface area contributed by atoms with Crippen molar-refractivity contribution in [2.75, 3.05) is 13.2 Å². The Labute approximate surface area is 162 Å². The van der Waals surface area contributed by atoms with Gasteiger partial charge in [-0.25, -0.2) is 0 Å². The Kier molecular flexibility index (Phi) is 22.4. The minimum atomic E-state index is -1.31. The summed E-state index contributed by atoms with van der Waals surface area (Å²) < 4.78 is 10.5. The van der Waals surface area contributed by atoms with E-state index < -0.39 is 47.9 Å². The van der Waals surface area contributed by atoms with Crippen molar-refractivity contribution in [1.82, 2.24) is 0 Å². The number of carbonyl (C=O) groups is 4. The average molecular weight is 440 g/mol. The second-order valence-electron chi connectivity index (χ2n) is 5.08. The van der Waals surface area contributed by atoms with Crippen molar-refractivity contribution >= 4 is 23.5 Å². The van der Waals surface area contributed by atoms with Gasteiger partial charge in [0.05, 0.1) is 23.8 Å². The van der Waals surface area contributed by atoms with E-state index in [-0.39, 0.29) is 11.6 Å². The van der Waals surface area contributed by atoms with E-state index in [4.69, 9.17) is 5.63 Å². The minimum absolute atomic E-state index is 0.370. The molecule has 0 heterocycles. The molecule has 0 amide bonds. The Morgan fingerprint density at radius 3 is 1.20 bits per heavy atom. The molecular formula is C16H28O8Zr. The number of rotatable bonds is 10. The molecular weight excluding hydrogens is 411 g/mol. The van der Waals surface area contributed by atoms with Crippen molar-refractivity contribution in [3.05, 3.63) is 0 Å². The van der Waals surface area contributed by atoms with Gasteiger partial charge in [-0.15, -0.1) is 0 Å². The van der Waals surface area contributed by atoms with Crippen LogP contribution in [0.25, 0.3) is 0 Å². The fourth-order valence-corrected chi connectivity index (χ4v) is 2.28. The number of Topliss-reactive ketones (excluding diaryl/α,β-unsaturated/α-hetero) is 2. The van der Waals surface area contributed by atoms with Crippen LogP contribution >= 0.6 is 0 Å². The van der Waals surface area contributed by atoms with Crippen LogP contribution in [0, 0.1) is 11.8 Å². The van der Waals surface area contributed by atoms with Gasteiger partial charge < -0.3 is 19.8 Å². The summed E-state index contributed by atoms with van der Waals surface area (Å²) in [6.07, 6.45) is 2.21. The van der Waals surface area contributed by atoms with Crippen molar-refractivity contribution < 1.29 is 59.1 Å². The summed E-state index contributed by atoms with van der Waals surface area (Å²) in [7, 11) is 0. The van der Waals surface area contributed by atoms with Gasteiger partial charge in [0.2, 0.25) is 0 Å². The second kappa shape index (κ2) is 19.4. The molecule has 0 rings (SSSR count). The number of hydrogen-bond donors (Lipinski definition) is 0. The van der Waals surface area contributed by atoms with Gasteiger partial charge in [-0.05, 0) is 13.8 Å². The molecule has 0 saturated heterocycles. The van der Waals surface area contributed by atoms with Crippen molar-refractivity contribution in [3.63, 3.8) is 0 Å². The van der Waals surface area contributed by atoms with Crippen LogP contribution in [0.5, 0.6) is 0 Å². The standard InChI is InChI=1S/2C5H8O3.2C3H7O.Zr/c2*1-3(4(2)6)5(7)8;2*1-2-3-4;/h2*3H,1-2H3,(H,7,8);2*2-3H2,1H3;/q;;2*-1;+4/p-2. The number of carboxylic acid groups (broad SMARTS) is 2. The quantitative estimate of drug-likeness (QED) is 0.334. The van der Waals surface area contributed by atoms with Gasteiger partial charge in [-0.1, -0.05) is 13.8 Å². The molecule has 8 nitrogen and oxygen atoms in total. The SMILES string of the molecule is CC(=O)C(C)C(=O)[O-].CC(=O)C(C)C(=O)[O-].CCC[O][Zr+2][O]CCC. The van der Waals surface area contributed by atoms with Crippen molar-refractivity contribution in [2.45, 2.75) is 54.4 Å². The topological polar surface area (TPSA) is 133 Å². The first-order chi connectivity index (χ1) is 11.5. The zero-order valence-corrected chi connectivity index (χ0v) is 18.2. The van der Waals surface area contributed by atoms with Crippen LogP contribution in [0.4, 0.5) is 0 Å². The van der Waals surface area contributed by atoms with Crippen molar-refractivity contribution in [2.24, 2.45) is 11.8 Å². The molecule has 0 aromatic rings. The molecule has 0 aliphatic carbocycles. The van der Waals surface area contributed by atoms with E-state index in [1.807, 2.05) is 0 Å². The second-order valence-corrected chi connectivity index (χ2v) is 6.91. The number of aliphatic carboxylic acids is 2. The predicted molar refractivity (Wildman–Crippen MR) is 82.2 cm³/mol. The number of carboxylic acids is 2. The maximum absolute atomic E-state index is 10.2. The molecule has 2 atom stereocenters. The zero-order chi connectivity index (χ0) is 20.4. The fourth-order valence-electron chi connectivity index (χ4n) is 0.661.